The number of ketones is 1. The van der Waals surface area contributed by atoms with Crippen LogP contribution in [0.15, 0.2) is 42.5 Å². The summed E-state index contributed by atoms with van der Waals surface area (Å²) in [5.41, 5.74) is 9.20. The number of hydrogen-bond acceptors (Lipinski definition) is 3. The van der Waals surface area contributed by atoms with Crippen LogP contribution in [0.3, 0.4) is 0 Å². The number of anilines is 1. The Kier molecular flexibility index (Phi) is 4.38. The van der Waals surface area contributed by atoms with E-state index in [1.54, 1.807) is 12.1 Å². The summed E-state index contributed by atoms with van der Waals surface area (Å²) in [4.78, 5) is 23.4. The third-order valence-corrected chi connectivity index (χ3v) is 3.27. The Balaban J connectivity index is 2.05. The molecule has 4 nitrogen and oxygen atoms in total. The molecule has 0 unspecified atom stereocenters. The van der Waals surface area contributed by atoms with Gasteiger partial charge in [-0.05, 0) is 37.6 Å². The molecule has 0 radical (unpaired) electrons. The summed E-state index contributed by atoms with van der Waals surface area (Å²) in [5.74, 6) is -0.323. The van der Waals surface area contributed by atoms with Crippen molar-refractivity contribution in [3.8, 4) is 0 Å². The van der Waals surface area contributed by atoms with Crippen LogP contribution < -0.4 is 11.1 Å². The second-order valence-electron chi connectivity index (χ2n) is 5.03. The first kappa shape index (κ1) is 14.8. The lowest BCUT2D eigenvalue weighted by Crippen LogP contribution is -2.23. The van der Waals surface area contributed by atoms with Crippen molar-refractivity contribution >= 4 is 17.4 Å². The van der Waals surface area contributed by atoms with Gasteiger partial charge in [0, 0.05) is 23.4 Å². The fraction of sp³-hybridized carbons (Fsp3) is 0.176. The number of rotatable bonds is 4. The average molecular weight is 282 g/mol. The largest absolute Gasteiger partial charge is 0.398 e. The number of nitrogens with one attached hydrogen (secondary N) is 1. The van der Waals surface area contributed by atoms with Crippen molar-refractivity contribution < 1.29 is 9.59 Å². The Labute approximate surface area is 124 Å². The summed E-state index contributed by atoms with van der Waals surface area (Å²) in [5, 5.41) is 2.83. The van der Waals surface area contributed by atoms with Gasteiger partial charge in [0.1, 0.15) is 0 Å². The number of hydrogen-bond donors (Lipinski definition) is 2. The predicted molar refractivity (Wildman–Crippen MR) is 83.2 cm³/mol. The second-order valence-corrected chi connectivity index (χ2v) is 5.03. The maximum atomic E-state index is 12.1. The maximum absolute atomic E-state index is 12.1. The van der Waals surface area contributed by atoms with Crippen molar-refractivity contribution in [3.05, 3.63) is 64.7 Å². The van der Waals surface area contributed by atoms with Gasteiger partial charge in [-0.3, -0.25) is 9.59 Å². The third kappa shape index (κ3) is 3.69. The zero-order chi connectivity index (χ0) is 15.4. The van der Waals surface area contributed by atoms with Gasteiger partial charge in [0.25, 0.3) is 5.91 Å². The number of amides is 1. The molecule has 108 valence electrons. The van der Waals surface area contributed by atoms with Crippen molar-refractivity contribution in [2.45, 2.75) is 20.4 Å². The van der Waals surface area contributed by atoms with E-state index >= 15 is 0 Å². The SMILES string of the molecule is CC(=O)c1ccc(C(=O)NCc2ccc(C)cc2)cc1N. The van der Waals surface area contributed by atoms with E-state index in [1.165, 1.54) is 18.6 Å². The maximum Gasteiger partial charge on any atom is 0.251 e. The Morgan fingerprint density at radius 2 is 1.76 bits per heavy atom. The Bertz CT molecular complexity index is 676. The van der Waals surface area contributed by atoms with Gasteiger partial charge >= 0.3 is 0 Å². The third-order valence-electron chi connectivity index (χ3n) is 3.27. The Morgan fingerprint density at radius 1 is 1.10 bits per heavy atom. The van der Waals surface area contributed by atoms with E-state index in [4.69, 9.17) is 5.73 Å². The highest BCUT2D eigenvalue weighted by atomic mass is 16.1. The minimum atomic E-state index is -0.211. The van der Waals surface area contributed by atoms with Crippen molar-refractivity contribution in [1.29, 1.82) is 0 Å². The lowest BCUT2D eigenvalue weighted by Gasteiger charge is -2.08. The van der Waals surface area contributed by atoms with Gasteiger partial charge in [0.2, 0.25) is 0 Å². The number of benzene rings is 2. The van der Waals surface area contributed by atoms with E-state index in [9.17, 15) is 9.59 Å². The molecule has 4 heteroatoms. The number of aryl methyl sites for hydroxylation is 1. The minimum Gasteiger partial charge on any atom is -0.398 e. The topological polar surface area (TPSA) is 72.2 Å². The number of Topliss-reactive ketones (excluding diaryl/α,β-unsaturated/α-hetero) is 1. The first-order valence-corrected chi connectivity index (χ1v) is 6.71. The van der Waals surface area contributed by atoms with Crippen LogP contribution in [0.1, 0.15) is 38.8 Å². The van der Waals surface area contributed by atoms with Crippen LogP contribution in [-0.2, 0) is 6.54 Å². The van der Waals surface area contributed by atoms with E-state index in [2.05, 4.69) is 5.32 Å². The lowest BCUT2D eigenvalue weighted by molar-refractivity contribution is 0.0949. The Hall–Kier alpha value is -2.62. The molecule has 0 fully saturated rings. The van der Waals surface area contributed by atoms with E-state index in [0.717, 1.165) is 5.56 Å². The first-order valence-electron chi connectivity index (χ1n) is 6.71. The Morgan fingerprint density at radius 3 is 2.33 bits per heavy atom. The van der Waals surface area contributed by atoms with Crippen LogP contribution in [0.2, 0.25) is 0 Å². The highest BCUT2D eigenvalue weighted by Crippen LogP contribution is 2.15. The molecule has 0 atom stereocenters. The van der Waals surface area contributed by atoms with Gasteiger partial charge in [0.15, 0.2) is 5.78 Å². The van der Waals surface area contributed by atoms with E-state index in [-0.39, 0.29) is 11.7 Å². The number of carbonyl (C=O) groups excluding carboxylic acids is 2. The minimum absolute atomic E-state index is 0.112. The summed E-state index contributed by atoms with van der Waals surface area (Å²) in [6, 6.07) is 12.7. The average Bonchev–Trinajstić information content (AvgIpc) is 2.45. The molecule has 2 aromatic carbocycles. The molecule has 0 aliphatic rings. The van der Waals surface area contributed by atoms with Crippen LogP contribution in [0.4, 0.5) is 5.69 Å². The van der Waals surface area contributed by atoms with Crippen LogP contribution in [0.5, 0.6) is 0 Å². The predicted octanol–water partition coefficient (Wildman–Crippen LogP) is 2.71. The van der Waals surface area contributed by atoms with Crippen molar-refractivity contribution in [1.82, 2.24) is 5.32 Å². The molecule has 3 N–H and O–H groups in total. The quantitative estimate of drug-likeness (QED) is 0.669. The summed E-state index contributed by atoms with van der Waals surface area (Å²) in [6.45, 7) is 3.91. The fourth-order valence-electron chi connectivity index (χ4n) is 2.01. The molecule has 0 spiro atoms. The molecule has 0 aliphatic heterocycles. The van der Waals surface area contributed by atoms with Gasteiger partial charge in [-0.1, -0.05) is 29.8 Å². The van der Waals surface area contributed by atoms with Crippen molar-refractivity contribution in [2.75, 3.05) is 5.73 Å². The van der Waals surface area contributed by atoms with Crippen molar-refractivity contribution in [3.63, 3.8) is 0 Å². The molecular weight excluding hydrogens is 264 g/mol. The molecule has 0 saturated heterocycles. The van der Waals surface area contributed by atoms with E-state index in [0.29, 0.717) is 23.4 Å². The zero-order valence-corrected chi connectivity index (χ0v) is 12.1. The molecule has 0 heterocycles. The number of carbonyl (C=O) groups is 2. The second kappa shape index (κ2) is 6.22. The molecule has 0 aliphatic carbocycles. The molecule has 0 bridgehead atoms. The zero-order valence-electron chi connectivity index (χ0n) is 12.1. The monoisotopic (exact) mass is 282 g/mol. The standard InChI is InChI=1S/C17H18N2O2/c1-11-3-5-13(6-4-11)10-19-17(21)14-7-8-15(12(2)20)16(18)9-14/h3-9H,10,18H2,1-2H3,(H,19,21). The molecule has 2 aromatic rings. The van der Waals surface area contributed by atoms with Crippen molar-refractivity contribution in [2.24, 2.45) is 0 Å². The first-order chi connectivity index (χ1) is 9.97. The van der Waals surface area contributed by atoms with E-state index < -0.39 is 0 Å². The summed E-state index contributed by atoms with van der Waals surface area (Å²) < 4.78 is 0. The molecular formula is C17H18N2O2. The fourth-order valence-corrected chi connectivity index (χ4v) is 2.01. The molecule has 2 rings (SSSR count). The smallest absolute Gasteiger partial charge is 0.251 e. The molecule has 1 amide bonds. The summed E-state index contributed by atoms with van der Waals surface area (Å²) >= 11 is 0. The molecule has 0 saturated carbocycles. The van der Waals surface area contributed by atoms with Crippen LogP contribution >= 0.6 is 0 Å². The molecule has 21 heavy (non-hydrogen) atoms. The number of nitrogen functional groups attached to an aromatic ring is 1. The van der Waals surface area contributed by atoms with Crippen LogP contribution in [0, 0.1) is 6.92 Å². The summed E-state index contributed by atoms with van der Waals surface area (Å²) in [6.07, 6.45) is 0. The number of nitrogens with two attached hydrogens (primary N) is 1. The van der Waals surface area contributed by atoms with Gasteiger partial charge in [-0.2, -0.15) is 0 Å². The highest BCUT2D eigenvalue weighted by Gasteiger charge is 2.10. The van der Waals surface area contributed by atoms with E-state index in [1.807, 2.05) is 31.2 Å². The summed E-state index contributed by atoms with van der Waals surface area (Å²) in [7, 11) is 0. The van der Waals surface area contributed by atoms with Crippen LogP contribution in [0.25, 0.3) is 0 Å². The van der Waals surface area contributed by atoms with Crippen LogP contribution in [-0.4, -0.2) is 11.7 Å². The van der Waals surface area contributed by atoms with Gasteiger partial charge in [0.05, 0.1) is 0 Å². The van der Waals surface area contributed by atoms with Gasteiger partial charge in [-0.15, -0.1) is 0 Å². The normalized spacial score (nSPS) is 10.2. The van der Waals surface area contributed by atoms with Gasteiger partial charge in [-0.25, -0.2) is 0 Å². The molecule has 0 aromatic heterocycles. The highest BCUT2D eigenvalue weighted by molar-refractivity contribution is 6.02. The van der Waals surface area contributed by atoms with Gasteiger partial charge < -0.3 is 11.1 Å². The lowest BCUT2D eigenvalue weighted by atomic mass is 10.1.